The van der Waals surface area contributed by atoms with Gasteiger partial charge in [0, 0.05) is 29.7 Å². The zero-order chi connectivity index (χ0) is 33.2. The van der Waals surface area contributed by atoms with Crippen LogP contribution in [0.15, 0.2) is 58.0 Å². The van der Waals surface area contributed by atoms with E-state index in [0.29, 0.717) is 47.8 Å². The molecule has 0 saturated carbocycles. The van der Waals surface area contributed by atoms with Crippen LogP contribution in [0.5, 0.6) is 11.5 Å². The minimum Gasteiger partial charge on any atom is -0.443 e. The molecule has 13 heteroatoms. The van der Waals surface area contributed by atoms with E-state index in [2.05, 4.69) is 55.1 Å². The summed E-state index contributed by atoms with van der Waals surface area (Å²) in [6, 6.07) is 14.6. The van der Waals surface area contributed by atoms with Crippen molar-refractivity contribution in [3.8, 4) is 29.0 Å². The second kappa shape index (κ2) is 11.3. The third-order valence-electron chi connectivity index (χ3n) is 9.86. The Hall–Kier alpha value is -5.06. The molecular weight excluding hydrogens is 617 g/mol. The SMILES string of the molecule is CC1(C)COC[C@H]1n1c(CN2CCC(c3cccc4c3O[C@](C)(c3ccc(C#N)cn3)O4)CC2)nc2c(F)cc(-c3noc(=O)[nH]3)cc21. The number of benzene rings is 2. The maximum absolute atomic E-state index is 15.6. The molecule has 3 aromatic heterocycles. The zero-order valence-electron chi connectivity index (χ0n) is 26.8. The Kier molecular flexibility index (Phi) is 7.12. The Balaban J connectivity index is 1.05. The number of hydrogen-bond acceptors (Lipinski definition) is 10. The van der Waals surface area contributed by atoms with Crippen molar-refractivity contribution in [2.45, 2.75) is 57.9 Å². The van der Waals surface area contributed by atoms with Crippen LogP contribution in [0.4, 0.5) is 4.39 Å². The number of piperidine rings is 1. The molecule has 1 N–H and O–H groups in total. The smallest absolute Gasteiger partial charge is 0.439 e. The van der Waals surface area contributed by atoms with Crippen LogP contribution in [-0.2, 0) is 17.1 Å². The number of pyridine rings is 1. The molecule has 3 aliphatic rings. The normalized spacial score (nSPS) is 22.4. The van der Waals surface area contributed by atoms with Crippen molar-refractivity contribution in [3.05, 3.63) is 87.7 Å². The Bertz CT molecular complexity index is 2120. The first-order valence-corrected chi connectivity index (χ1v) is 16.1. The second-order valence-corrected chi connectivity index (χ2v) is 13.6. The van der Waals surface area contributed by atoms with E-state index in [1.807, 2.05) is 25.1 Å². The van der Waals surface area contributed by atoms with Gasteiger partial charge in [0.1, 0.15) is 23.1 Å². The van der Waals surface area contributed by atoms with E-state index < -0.39 is 17.4 Å². The molecule has 2 fully saturated rings. The minimum atomic E-state index is -1.10. The lowest BCUT2D eigenvalue weighted by molar-refractivity contribution is -0.0722. The molecule has 0 unspecified atom stereocenters. The fraction of sp³-hybridized carbons (Fsp3) is 0.400. The number of ether oxygens (including phenoxy) is 3. The lowest BCUT2D eigenvalue weighted by Gasteiger charge is -2.33. The number of imidazole rings is 1. The van der Waals surface area contributed by atoms with Gasteiger partial charge in [0.2, 0.25) is 0 Å². The van der Waals surface area contributed by atoms with E-state index >= 15 is 4.39 Å². The summed E-state index contributed by atoms with van der Waals surface area (Å²) in [5.41, 5.74) is 3.26. The number of rotatable bonds is 6. The molecule has 2 atom stereocenters. The standard InChI is InChI=1S/C35H34FN7O5/c1-34(2)19-45-18-28(34)43-25-14-22(32-40-33(44)48-41-32)13-24(36)30(25)39-29(43)17-42-11-9-21(10-12-42)23-5-4-6-26-31(23)47-35(3,46-26)27-8-7-20(15-37)16-38-27/h4-8,13-14,16,21,28H,9-12,17-19H2,1-3H3,(H,40,41,44)/t28-,35-/m1/s1. The van der Waals surface area contributed by atoms with Crippen LogP contribution in [-0.4, -0.2) is 55.9 Å². The lowest BCUT2D eigenvalue weighted by atomic mass is 9.87. The van der Waals surface area contributed by atoms with Crippen molar-refractivity contribution >= 4 is 11.0 Å². The van der Waals surface area contributed by atoms with Gasteiger partial charge in [0.05, 0.1) is 36.9 Å². The van der Waals surface area contributed by atoms with E-state index in [0.717, 1.165) is 43.1 Å². The molecule has 5 aromatic rings. The van der Waals surface area contributed by atoms with E-state index in [4.69, 9.17) is 24.5 Å². The molecule has 12 nitrogen and oxygen atoms in total. The highest BCUT2D eigenvalue weighted by molar-refractivity contribution is 5.82. The predicted molar refractivity (Wildman–Crippen MR) is 171 cm³/mol. The summed E-state index contributed by atoms with van der Waals surface area (Å²) in [5.74, 6) is 0.290. The van der Waals surface area contributed by atoms with Gasteiger partial charge in [-0.25, -0.2) is 14.2 Å². The van der Waals surface area contributed by atoms with Gasteiger partial charge in [0.15, 0.2) is 23.1 Å². The van der Waals surface area contributed by atoms with Crippen LogP contribution in [0.3, 0.4) is 0 Å². The Morgan fingerprint density at radius 2 is 1.96 bits per heavy atom. The minimum absolute atomic E-state index is 0.0648. The predicted octanol–water partition coefficient (Wildman–Crippen LogP) is 5.41. The zero-order valence-corrected chi connectivity index (χ0v) is 26.8. The number of nitrogens with zero attached hydrogens (tertiary/aromatic N) is 6. The Labute approximate surface area is 275 Å². The molecule has 0 radical (unpaired) electrons. The van der Waals surface area contributed by atoms with Crippen molar-refractivity contribution in [3.63, 3.8) is 0 Å². The van der Waals surface area contributed by atoms with Gasteiger partial charge in [0.25, 0.3) is 5.79 Å². The number of nitrogens with one attached hydrogen (secondary N) is 1. The Morgan fingerprint density at radius 3 is 2.65 bits per heavy atom. The molecule has 0 bridgehead atoms. The van der Waals surface area contributed by atoms with Gasteiger partial charge in [-0.2, -0.15) is 5.26 Å². The maximum atomic E-state index is 15.6. The summed E-state index contributed by atoms with van der Waals surface area (Å²) in [6.45, 7) is 9.36. The number of nitriles is 1. The summed E-state index contributed by atoms with van der Waals surface area (Å²) >= 11 is 0. The highest BCUT2D eigenvalue weighted by Gasteiger charge is 2.43. The lowest BCUT2D eigenvalue weighted by Crippen LogP contribution is -2.35. The number of halogens is 1. The molecule has 2 saturated heterocycles. The molecule has 2 aromatic carbocycles. The summed E-state index contributed by atoms with van der Waals surface area (Å²) < 4.78 is 41.1. The van der Waals surface area contributed by atoms with Crippen LogP contribution in [0, 0.1) is 22.6 Å². The topological polar surface area (TPSA) is 144 Å². The summed E-state index contributed by atoms with van der Waals surface area (Å²) in [5, 5.41) is 12.9. The fourth-order valence-electron chi connectivity index (χ4n) is 7.24. The van der Waals surface area contributed by atoms with Gasteiger partial charge < -0.3 is 18.8 Å². The number of aromatic amines is 1. The second-order valence-electron chi connectivity index (χ2n) is 13.6. The van der Waals surface area contributed by atoms with Crippen LogP contribution in [0.25, 0.3) is 22.4 Å². The first-order valence-electron chi connectivity index (χ1n) is 16.1. The third kappa shape index (κ3) is 5.12. The van der Waals surface area contributed by atoms with Gasteiger partial charge in [-0.15, -0.1) is 0 Å². The molecule has 246 valence electrons. The largest absolute Gasteiger partial charge is 0.443 e. The van der Waals surface area contributed by atoms with E-state index in [1.54, 1.807) is 12.1 Å². The molecule has 3 aliphatic heterocycles. The van der Waals surface area contributed by atoms with Crippen molar-refractivity contribution in [1.82, 2.24) is 29.6 Å². The summed E-state index contributed by atoms with van der Waals surface area (Å²) in [4.78, 5) is 25.8. The monoisotopic (exact) mass is 651 g/mol. The molecule has 6 heterocycles. The summed E-state index contributed by atoms with van der Waals surface area (Å²) in [6.07, 6.45) is 3.30. The van der Waals surface area contributed by atoms with Crippen LogP contribution >= 0.6 is 0 Å². The fourth-order valence-corrected chi connectivity index (χ4v) is 7.24. The number of likely N-dealkylation sites (tertiary alicyclic amines) is 1. The molecular formula is C35H34FN7O5. The first-order chi connectivity index (χ1) is 23.1. The molecule has 0 spiro atoms. The number of fused-ring (bicyclic) bond motifs is 2. The van der Waals surface area contributed by atoms with E-state index in [9.17, 15) is 4.79 Å². The summed E-state index contributed by atoms with van der Waals surface area (Å²) in [7, 11) is 0. The molecule has 48 heavy (non-hydrogen) atoms. The van der Waals surface area contributed by atoms with Crippen molar-refractivity contribution in [1.29, 1.82) is 5.26 Å². The van der Waals surface area contributed by atoms with Crippen LogP contribution in [0.2, 0.25) is 0 Å². The average Bonchev–Trinajstić information content (AvgIpc) is 3.85. The highest BCUT2D eigenvalue weighted by Crippen LogP contribution is 2.49. The number of H-pyrrole nitrogens is 1. The van der Waals surface area contributed by atoms with Gasteiger partial charge in [-0.1, -0.05) is 31.1 Å². The van der Waals surface area contributed by atoms with Crippen molar-refractivity contribution < 1.29 is 23.1 Å². The van der Waals surface area contributed by atoms with Crippen LogP contribution in [0.1, 0.15) is 68.2 Å². The number of hydrogen-bond donors (Lipinski definition) is 1. The van der Waals surface area contributed by atoms with E-state index in [1.165, 1.54) is 12.3 Å². The number of para-hydroxylation sites is 1. The van der Waals surface area contributed by atoms with Crippen molar-refractivity contribution in [2.75, 3.05) is 26.3 Å². The molecule has 0 aliphatic carbocycles. The van der Waals surface area contributed by atoms with Gasteiger partial charge >= 0.3 is 5.76 Å². The molecule has 8 rings (SSSR count). The van der Waals surface area contributed by atoms with Crippen LogP contribution < -0.4 is 15.2 Å². The van der Waals surface area contributed by atoms with Gasteiger partial charge in [-0.3, -0.25) is 19.4 Å². The van der Waals surface area contributed by atoms with Gasteiger partial charge in [-0.05, 0) is 62.2 Å². The number of aromatic nitrogens is 5. The van der Waals surface area contributed by atoms with Crippen molar-refractivity contribution in [2.24, 2.45) is 5.41 Å². The third-order valence-corrected chi connectivity index (χ3v) is 9.86. The highest BCUT2D eigenvalue weighted by atomic mass is 19.1. The first kappa shape index (κ1) is 30.3. The average molecular weight is 652 g/mol. The maximum Gasteiger partial charge on any atom is 0.439 e. The molecule has 0 amide bonds. The quantitative estimate of drug-likeness (QED) is 0.253. The Morgan fingerprint density at radius 1 is 1.12 bits per heavy atom. The van der Waals surface area contributed by atoms with E-state index in [-0.39, 0.29) is 28.7 Å².